The predicted molar refractivity (Wildman–Crippen MR) is 102 cm³/mol. The summed E-state index contributed by atoms with van der Waals surface area (Å²) < 4.78 is 0. The van der Waals surface area contributed by atoms with Crippen LogP contribution in [0.5, 0.6) is 0 Å². The summed E-state index contributed by atoms with van der Waals surface area (Å²) in [6.07, 6.45) is 1.60. The Morgan fingerprint density at radius 2 is 1.48 bits per heavy atom. The van der Waals surface area contributed by atoms with Gasteiger partial charge in [-0.1, -0.05) is 30.3 Å². The van der Waals surface area contributed by atoms with E-state index in [1.165, 1.54) is 0 Å². The second kappa shape index (κ2) is 7.79. The molecule has 3 aromatic rings. The topological polar surface area (TPSA) is 79.5 Å². The SMILES string of the molecule is Nc1ccc(C(=O)N/N=C\c2ccc(Nc3ccccc3)cc2)cc1. The highest BCUT2D eigenvalue weighted by atomic mass is 16.2. The largest absolute Gasteiger partial charge is 0.399 e. The van der Waals surface area contributed by atoms with E-state index < -0.39 is 0 Å². The van der Waals surface area contributed by atoms with Crippen molar-refractivity contribution in [3.05, 3.63) is 90.0 Å². The maximum atomic E-state index is 11.9. The van der Waals surface area contributed by atoms with Gasteiger partial charge in [0.15, 0.2) is 0 Å². The Bertz CT molecular complexity index is 856. The first kappa shape index (κ1) is 16.3. The lowest BCUT2D eigenvalue weighted by molar-refractivity contribution is 0.0955. The third-order valence-electron chi connectivity index (χ3n) is 3.53. The number of anilines is 3. The van der Waals surface area contributed by atoms with Crippen LogP contribution in [0.3, 0.4) is 0 Å². The molecular weight excluding hydrogens is 312 g/mol. The van der Waals surface area contributed by atoms with Gasteiger partial charge in [0.2, 0.25) is 0 Å². The number of hydrogen-bond acceptors (Lipinski definition) is 4. The molecule has 25 heavy (non-hydrogen) atoms. The summed E-state index contributed by atoms with van der Waals surface area (Å²) in [7, 11) is 0. The molecule has 0 aliphatic rings. The van der Waals surface area contributed by atoms with Gasteiger partial charge in [0.1, 0.15) is 0 Å². The van der Waals surface area contributed by atoms with Gasteiger partial charge in [-0.15, -0.1) is 0 Å². The second-order valence-electron chi connectivity index (χ2n) is 5.43. The van der Waals surface area contributed by atoms with E-state index in [1.54, 1.807) is 30.5 Å². The number of amides is 1. The lowest BCUT2D eigenvalue weighted by atomic mass is 10.2. The fourth-order valence-electron chi connectivity index (χ4n) is 2.21. The average molecular weight is 330 g/mol. The lowest BCUT2D eigenvalue weighted by Crippen LogP contribution is -2.17. The molecule has 0 aromatic heterocycles. The van der Waals surface area contributed by atoms with Crippen molar-refractivity contribution in [3.8, 4) is 0 Å². The van der Waals surface area contributed by atoms with Crippen molar-refractivity contribution in [1.82, 2.24) is 5.43 Å². The number of carbonyl (C=O) groups excluding carboxylic acids is 1. The highest BCUT2D eigenvalue weighted by molar-refractivity contribution is 5.95. The van der Waals surface area contributed by atoms with Gasteiger partial charge >= 0.3 is 0 Å². The Balaban J connectivity index is 1.56. The van der Waals surface area contributed by atoms with Crippen molar-refractivity contribution < 1.29 is 4.79 Å². The molecule has 0 unspecified atom stereocenters. The van der Waals surface area contributed by atoms with Crippen molar-refractivity contribution in [2.75, 3.05) is 11.1 Å². The van der Waals surface area contributed by atoms with Gasteiger partial charge < -0.3 is 11.1 Å². The minimum Gasteiger partial charge on any atom is -0.399 e. The van der Waals surface area contributed by atoms with Crippen LogP contribution in [0.4, 0.5) is 17.1 Å². The summed E-state index contributed by atoms with van der Waals surface area (Å²) in [4.78, 5) is 11.9. The molecule has 0 aliphatic heterocycles. The van der Waals surface area contributed by atoms with Gasteiger partial charge in [-0.2, -0.15) is 5.10 Å². The smallest absolute Gasteiger partial charge is 0.271 e. The standard InChI is InChI=1S/C20H18N4O/c21-17-10-8-16(9-11-17)20(25)24-22-14-15-6-12-19(13-7-15)23-18-4-2-1-3-5-18/h1-14,23H,21H2,(H,24,25)/b22-14-. The number of nitrogens with one attached hydrogen (secondary N) is 2. The van der Waals surface area contributed by atoms with Gasteiger partial charge in [-0.05, 0) is 54.1 Å². The Morgan fingerprint density at radius 1 is 0.840 bits per heavy atom. The zero-order valence-corrected chi connectivity index (χ0v) is 13.5. The van der Waals surface area contributed by atoms with Crippen LogP contribution in [0.15, 0.2) is 84.0 Å². The summed E-state index contributed by atoms with van der Waals surface area (Å²) >= 11 is 0. The van der Waals surface area contributed by atoms with Crippen molar-refractivity contribution in [1.29, 1.82) is 0 Å². The Hall–Kier alpha value is -3.60. The number of nitrogens with two attached hydrogens (primary N) is 1. The van der Waals surface area contributed by atoms with Gasteiger partial charge in [0.25, 0.3) is 5.91 Å². The Labute approximate surface area is 146 Å². The van der Waals surface area contributed by atoms with Gasteiger partial charge in [-0.3, -0.25) is 4.79 Å². The van der Waals surface area contributed by atoms with Crippen LogP contribution >= 0.6 is 0 Å². The molecule has 0 bridgehead atoms. The van der Waals surface area contributed by atoms with Gasteiger partial charge in [0.05, 0.1) is 6.21 Å². The predicted octanol–water partition coefficient (Wildman–Crippen LogP) is 3.78. The molecule has 0 radical (unpaired) electrons. The second-order valence-corrected chi connectivity index (χ2v) is 5.43. The maximum Gasteiger partial charge on any atom is 0.271 e. The van der Waals surface area contributed by atoms with Crippen molar-refractivity contribution in [2.45, 2.75) is 0 Å². The summed E-state index contributed by atoms with van der Waals surface area (Å²) in [6.45, 7) is 0. The van der Waals surface area contributed by atoms with Crippen LogP contribution in [0.1, 0.15) is 15.9 Å². The number of nitrogen functional groups attached to an aromatic ring is 1. The zero-order chi connectivity index (χ0) is 17.5. The molecule has 0 heterocycles. The highest BCUT2D eigenvalue weighted by Crippen LogP contribution is 2.16. The van der Waals surface area contributed by atoms with Gasteiger partial charge in [-0.25, -0.2) is 5.43 Å². The van der Waals surface area contributed by atoms with Crippen molar-refractivity contribution in [2.24, 2.45) is 5.10 Å². The molecule has 0 fully saturated rings. The Kier molecular flexibility index (Phi) is 5.07. The van der Waals surface area contributed by atoms with E-state index in [9.17, 15) is 4.79 Å². The maximum absolute atomic E-state index is 11.9. The van der Waals surface area contributed by atoms with Crippen LogP contribution in [-0.4, -0.2) is 12.1 Å². The molecule has 5 heteroatoms. The molecule has 124 valence electrons. The molecule has 3 aromatic carbocycles. The molecular formula is C20H18N4O. The van der Waals surface area contributed by atoms with E-state index in [2.05, 4.69) is 15.8 Å². The summed E-state index contributed by atoms with van der Waals surface area (Å²) in [5, 5.41) is 7.28. The Morgan fingerprint density at radius 3 is 2.16 bits per heavy atom. The van der Waals surface area contributed by atoms with E-state index in [-0.39, 0.29) is 5.91 Å². The zero-order valence-electron chi connectivity index (χ0n) is 13.5. The number of rotatable bonds is 5. The number of carbonyl (C=O) groups is 1. The number of hydrazone groups is 1. The van der Waals surface area contributed by atoms with Crippen molar-refractivity contribution >= 4 is 29.2 Å². The van der Waals surface area contributed by atoms with Crippen molar-refractivity contribution in [3.63, 3.8) is 0 Å². The van der Waals surface area contributed by atoms with E-state index >= 15 is 0 Å². The van der Waals surface area contributed by atoms with E-state index in [1.807, 2.05) is 54.6 Å². The molecule has 3 rings (SSSR count). The number of nitrogens with zero attached hydrogens (tertiary/aromatic N) is 1. The summed E-state index contributed by atoms with van der Waals surface area (Å²) in [5.74, 6) is -0.279. The first-order chi connectivity index (χ1) is 12.2. The molecule has 0 aliphatic carbocycles. The molecule has 0 saturated carbocycles. The van der Waals surface area contributed by atoms with Crippen LogP contribution in [0.25, 0.3) is 0 Å². The average Bonchev–Trinajstić information content (AvgIpc) is 2.64. The minimum atomic E-state index is -0.279. The van der Waals surface area contributed by atoms with E-state index in [0.29, 0.717) is 11.3 Å². The number of para-hydroxylation sites is 1. The van der Waals surface area contributed by atoms with Crippen LogP contribution < -0.4 is 16.5 Å². The van der Waals surface area contributed by atoms with Crippen LogP contribution in [0, 0.1) is 0 Å². The first-order valence-corrected chi connectivity index (χ1v) is 7.82. The first-order valence-electron chi connectivity index (χ1n) is 7.82. The van der Waals surface area contributed by atoms with E-state index in [0.717, 1.165) is 16.9 Å². The van der Waals surface area contributed by atoms with Gasteiger partial charge in [0, 0.05) is 22.6 Å². The highest BCUT2D eigenvalue weighted by Gasteiger charge is 2.02. The monoisotopic (exact) mass is 330 g/mol. The normalized spacial score (nSPS) is 10.6. The molecule has 0 saturated heterocycles. The minimum absolute atomic E-state index is 0.279. The molecule has 4 N–H and O–H groups in total. The fraction of sp³-hybridized carbons (Fsp3) is 0. The number of hydrogen-bond donors (Lipinski definition) is 3. The molecule has 5 nitrogen and oxygen atoms in total. The molecule has 0 spiro atoms. The number of benzene rings is 3. The van der Waals surface area contributed by atoms with Crippen LogP contribution in [-0.2, 0) is 0 Å². The third-order valence-corrected chi connectivity index (χ3v) is 3.53. The quantitative estimate of drug-likeness (QED) is 0.378. The van der Waals surface area contributed by atoms with E-state index in [4.69, 9.17) is 5.73 Å². The fourth-order valence-corrected chi connectivity index (χ4v) is 2.21. The lowest BCUT2D eigenvalue weighted by Gasteiger charge is -2.06. The third kappa shape index (κ3) is 4.68. The molecule has 0 atom stereocenters. The summed E-state index contributed by atoms with van der Waals surface area (Å²) in [6, 6.07) is 24.4. The summed E-state index contributed by atoms with van der Waals surface area (Å²) in [5.41, 5.74) is 12.1. The van der Waals surface area contributed by atoms with Crippen LogP contribution in [0.2, 0.25) is 0 Å². The molecule has 1 amide bonds.